The van der Waals surface area contributed by atoms with Gasteiger partial charge in [0.25, 0.3) is 15.9 Å². The predicted octanol–water partition coefficient (Wildman–Crippen LogP) is 9.28. The first-order valence-electron chi connectivity index (χ1n) is 24.7. The monoisotopic (exact) mass is 965 g/mol. The van der Waals surface area contributed by atoms with Crippen LogP contribution in [0, 0.1) is 21.4 Å². The minimum atomic E-state index is -4.63. The molecule has 0 bridgehead atoms. The van der Waals surface area contributed by atoms with Crippen molar-refractivity contribution in [3.63, 3.8) is 0 Å². The van der Waals surface area contributed by atoms with Crippen molar-refractivity contribution in [3.05, 3.63) is 94.0 Å². The van der Waals surface area contributed by atoms with Crippen LogP contribution in [0.15, 0.2) is 87.5 Å². The third-order valence-corrected chi connectivity index (χ3v) is 19.5. The van der Waals surface area contributed by atoms with Crippen LogP contribution >= 0.6 is 0 Å². The number of aromatic nitrogens is 3. The first-order chi connectivity index (χ1) is 32.9. The number of sulfonamides is 1. The van der Waals surface area contributed by atoms with E-state index < -0.39 is 41.2 Å². The minimum absolute atomic E-state index is 0.0323. The Morgan fingerprint density at radius 2 is 1.81 bits per heavy atom. The summed E-state index contributed by atoms with van der Waals surface area (Å²) in [5, 5.41) is 16.1. The third kappa shape index (κ3) is 9.77. The van der Waals surface area contributed by atoms with Gasteiger partial charge < -0.3 is 19.9 Å². The Morgan fingerprint density at radius 3 is 2.57 bits per heavy atom. The van der Waals surface area contributed by atoms with Crippen LogP contribution < -0.4 is 19.7 Å². The van der Waals surface area contributed by atoms with E-state index in [1.54, 1.807) is 41.7 Å². The maximum absolute atomic E-state index is 14.0. The molecule has 362 valence electrons. The summed E-state index contributed by atoms with van der Waals surface area (Å²) < 4.78 is 53.7. The number of carbonyl (C=O) groups is 1. The van der Waals surface area contributed by atoms with Crippen molar-refractivity contribution in [1.29, 1.82) is 0 Å². The molecule has 6 aliphatic rings. The number of H-pyrrole nitrogens is 1. The molecule has 16 nitrogen and oxygen atoms in total. The summed E-state index contributed by atoms with van der Waals surface area (Å²) in [6.07, 6.45) is 24.7. The zero-order valence-electron chi connectivity index (χ0n) is 38.9. The van der Waals surface area contributed by atoms with E-state index in [9.17, 15) is 27.5 Å². The molecule has 5 fully saturated rings. The molecule has 18 heteroatoms. The van der Waals surface area contributed by atoms with Gasteiger partial charge in [0.1, 0.15) is 22.0 Å². The molecule has 3 aromatic heterocycles. The van der Waals surface area contributed by atoms with Gasteiger partial charge in [0.15, 0.2) is 0 Å². The van der Waals surface area contributed by atoms with Crippen LogP contribution in [0.4, 0.5) is 17.2 Å². The zero-order chi connectivity index (χ0) is 47.0. The number of fused-ring (bicyclic) bond motifs is 1. The molecular weight excluding hydrogens is 903 g/mol. The Labute approximate surface area is 399 Å². The molecule has 0 radical (unpaired) electrons. The predicted molar refractivity (Wildman–Crippen MR) is 264 cm³/mol. The highest BCUT2D eigenvalue weighted by Gasteiger charge is 2.50. The van der Waals surface area contributed by atoms with Crippen molar-refractivity contribution in [2.24, 2.45) is 15.7 Å². The Morgan fingerprint density at radius 1 is 1.01 bits per heavy atom. The summed E-state index contributed by atoms with van der Waals surface area (Å²) in [5.41, 5.74) is 4.51. The van der Waals surface area contributed by atoms with E-state index >= 15 is 0 Å². The van der Waals surface area contributed by atoms with Gasteiger partial charge in [-0.05, 0) is 150 Å². The molecule has 1 atom stereocenters. The van der Waals surface area contributed by atoms with Gasteiger partial charge in [-0.15, -0.1) is 0 Å². The first-order valence-corrected chi connectivity index (χ1v) is 28.0. The molecule has 1 aromatic carbocycles. The van der Waals surface area contributed by atoms with Gasteiger partial charge in [-0.3, -0.25) is 19.8 Å². The molecule has 4 aromatic rings. The number of nitro groups is 1. The van der Waals surface area contributed by atoms with Crippen molar-refractivity contribution in [3.8, 4) is 11.5 Å². The molecular formula is C50H63N9O7S2. The highest BCUT2D eigenvalue weighted by atomic mass is 32.2. The Balaban J connectivity index is 0.810. The largest absolute Gasteiger partial charge is 0.455 e. The number of hydrogen-bond donors (Lipinski definition) is 3. The molecule has 0 unspecified atom stereocenters. The highest BCUT2D eigenvalue weighted by Crippen LogP contribution is 2.53. The normalized spacial score (nSPS) is 24.0. The van der Waals surface area contributed by atoms with Crippen LogP contribution in [0.25, 0.3) is 11.0 Å². The van der Waals surface area contributed by atoms with E-state index in [0.717, 1.165) is 101 Å². The van der Waals surface area contributed by atoms with E-state index in [1.807, 2.05) is 12.1 Å². The number of ether oxygens (including phenoxy) is 1. The maximum atomic E-state index is 14.0. The van der Waals surface area contributed by atoms with Crippen molar-refractivity contribution < 1.29 is 27.1 Å². The molecule has 10 rings (SSSR count). The fourth-order valence-electron chi connectivity index (χ4n) is 11.9. The Bertz CT molecular complexity index is 2850. The maximum Gasteiger partial charge on any atom is 0.312 e. The van der Waals surface area contributed by atoms with Crippen LogP contribution in [-0.4, -0.2) is 99.1 Å². The van der Waals surface area contributed by atoms with Gasteiger partial charge >= 0.3 is 5.69 Å². The summed E-state index contributed by atoms with van der Waals surface area (Å²) in [4.78, 5) is 41.9. The number of nitrogens with zero attached hydrogens (tertiary/aromatic N) is 6. The van der Waals surface area contributed by atoms with Gasteiger partial charge in [0, 0.05) is 82.4 Å². The Kier molecular flexibility index (Phi) is 13.1. The second-order valence-electron chi connectivity index (χ2n) is 19.9. The van der Waals surface area contributed by atoms with Gasteiger partial charge in [0.2, 0.25) is 5.82 Å². The SMILES string of the molecule is CCC1=C([C@@H]2CCCN2C2CC3(CCN(c4ccc(C(=O)NS(=O)(=O)c5cnc(NCC6CCC(N=S7(=O)CCCC7)CC6)c([N+](=O)[O-])c5)c(Oc5cnc6[nH]ccc6c5)c4)CC3)C2)CCC=C1. The fraction of sp³-hybridized carbons (Fsp3) is 0.540. The molecule has 2 saturated carbocycles. The summed E-state index contributed by atoms with van der Waals surface area (Å²) >= 11 is 0. The van der Waals surface area contributed by atoms with Crippen LogP contribution in [0.3, 0.4) is 0 Å². The van der Waals surface area contributed by atoms with Crippen LogP contribution in [0.1, 0.15) is 114 Å². The quantitative estimate of drug-likeness (QED) is 0.0799. The molecule has 3 saturated heterocycles. The molecule has 3 aliphatic carbocycles. The lowest BCUT2D eigenvalue weighted by Crippen LogP contribution is -2.56. The smallest absolute Gasteiger partial charge is 0.312 e. The van der Waals surface area contributed by atoms with E-state index in [4.69, 9.17) is 9.10 Å². The molecule has 6 heterocycles. The minimum Gasteiger partial charge on any atom is -0.455 e. The average Bonchev–Trinajstić information content (AvgIpc) is 4.12. The van der Waals surface area contributed by atoms with E-state index in [2.05, 4.69) is 53.9 Å². The lowest BCUT2D eigenvalue weighted by molar-refractivity contribution is -0.384. The molecule has 3 N–H and O–H groups in total. The van der Waals surface area contributed by atoms with E-state index in [0.29, 0.717) is 46.9 Å². The first kappa shape index (κ1) is 46.4. The number of rotatable bonds is 14. The molecule has 68 heavy (non-hydrogen) atoms. The molecule has 3 aliphatic heterocycles. The number of pyridine rings is 2. The number of aromatic amines is 1. The van der Waals surface area contributed by atoms with Gasteiger partial charge in [0.05, 0.1) is 28.9 Å². The molecule has 1 amide bonds. The summed E-state index contributed by atoms with van der Waals surface area (Å²) in [5.74, 6) is 1.05. The fourth-order valence-corrected chi connectivity index (χ4v) is 15.3. The number of amides is 1. The number of anilines is 2. The number of carbonyl (C=O) groups excluding carboxylic acids is 1. The zero-order valence-corrected chi connectivity index (χ0v) is 40.5. The standard InChI is InChI=1S/C50H63N9O7S2/c1-2-35-8-3-4-9-42(35)44-10-7-21-58(44)39-29-50(30-39)18-22-57(23-19-50)38-15-16-43(46(27-38)66-40-26-36-17-20-51-47(36)53-32-40)49(60)56-68(64,65)41-28-45(59(61)62)48(54-33-41)52-31-34-11-13-37(14-12-34)55-67(63)24-5-6-25-67/h3,8,15-17,20,26-28,32-34,37,39,44H,2,4-7,9-14,18-19,21-25,29-31H2,1H3,(H,51,53)(H,52,54)(H,56,60)/t34?,37?,44-/m0/s1. The summed E-state index contributed by atoms with van der Waals surface area (Å²) in [6.45, 7) is 5.56. The van der Waals surface area contributed by atoms with Crippen molar-refractivity contribution in [2.75, 3.05) is 47.9 Å². The average molecular weight is 966 g/mol. The van der Waals surface area contributed by atoms with Crippen LogP contribution in [0.5, 0.6) is 11.5 Å². The third-order valence-electron chi connectivity index (χ3n) is 15.7. The number of nitrogens with one attached hydrogen (secondary N) is 3. The Hall–Kier alpha value is -5.33. The number of hydrogen-bond acceptors (Lipinski definition) is 13. The van der Waals surface area contributed by atoms with Gasteiger partial charge in [-0.2, -0.15) is 0 Å². The number of piperidine rings is 1. The summed E-state index contributed by atoms with van der Waals surface area (Å²) in [6, 6.07) is 11.0. The lowest BCUT2D eigenvalue weighted by atomic mass is 9.59. The number of likely N-dealkylation sites (tertiary alicyclic amines) is 1. The van der Waals surface area contributed by atoms with E-state index in [-0.39, 0.29) is 29.1 Å². The van der Waals surface area contributed by atoms with Crippen molar-refractivity contribution in [1.82, 2.24) is 24.6 Å². The number of benzene rings is 1. The highest BCUT2D eigenvalue weighted by molar-refractivity contribution is 7.93. The summed E-state index contributed by atoms with van der Waals surface area (Å²) in [7, 11) is -6.72. The van der Waals surface area contributed by atoms with Crippen LogP contribution in [0.2, 0.25) is 0 Å². The van der Waals surface area contributed by atoms with Crippen molar-refractivity contribution >= 4 is 53.9 Å². The topological polar surface area (TPSA) is 205 Å². The van der Waals surface area contributed by atoms with E-state index in [1.165, 1.54) is 38.6 Å². The molecule has 1 spiro atoms. The van der Waals surface area contributed by atoms with Gasteiger partial charge in [-0.25, -0.2) is 31.7 Å². The second kappa shape index (κ2) is 19.2. The lowest BCUT2D eigenvalue weighted by Gasteiger charge is -2.56. The van der Waals surface area contributed by atoms with Gasteiger partial charge in [-0.1, -0.05) is 19.1 Å². The number of allylic oxidation sites excluding steroid dienone is 3. The second-order valence-corrected chi connectivity index (χ2v) is 24.2. The van der Waals surface area contributed by atoms with Crippen molar-refractivity contribution in [2.45, 2.75) is 126 Å². The van der Waals surface area contributed by atoms with Crippen LogP contribution in [-0.2, 0) is 19.8 Å².